The van der Waals surface area contributed by atoms with Crippen molar-refractivity contribution in [3.05, 3.63) is 71.2 Å². The topological polar surface area (TPSA) is 103 Å². The van der Waals surface area contributed by atoms with E-state index in [-0.39, 0.29) is 46.6 Å². The van der Waals surface area contributed by atoms with E-state index in [4.69, 9.17) is 5.41 Å². The Balaban J connectivity index is 1.40. The van der Waals surface area contributed by atoms with Crippen LogP contribution in [0.15, 0.2) is 43.0 Å². The molecule has 0 radical (unpaired) electrons. The van der Waals surface area contributed by atoms with Crippen molar-refractivity contribution in [2.24, 2.45) is 14.1 Å². The highest BCUT2D eigenvalue weighted by molar-refractivity contribution is 5.75. The zero-order valence-electron chi connectivity index (χ0n) is 21.6. The number of nitrogens with zero attached hydrogens (tertiary/aromatic N) is 8. The van der Waals surface area contributed by atoms with Crippen molar-refractivity contribution < 1.29 is 26.3 Å². The van der Waals surface area contributed by atoms with Crippen molar-refractivity contribution in [1.82, 2.24) is 38.6 Å². The van der Waals surface area contributed by atoms with E-state index >= 15 is 0 Å². The molecule has 1 aromatic carbocycles. The summed E-state index contributed by atoms with van der Waals surface area (Å²) in [4.78, 5) is 20.0. The third kappa shape index (κ3) is 4.74. The number of rotatable bonds is 5. The zero-order chi connectivity index (χ0) is 29.3. The summed E-state index contributed by atoms with van der Waals surface area (Å²) in [6.07, 6.45) is -4.72. The van der Waals surface area contributed by atoms with E-state index in [1.807, 2.05) is 0 Å². The number of alkyl halides is 6. The maximum atomic E-state index is 13.9. The lowest BCUT2D eigenvalue weighted by Crippen LogP contribution is -2.23. The predicted molar refractivity (Wildman–Crippen MR) is 133 cm³/mol. The third-order valence-corrected chi connectivity index (χ3v) is 6.99. The Morgan fingerprint density at radius 2 is 1.63 bits per heavy atom. The zero-order valence-corrected chi connectivity index (χ0v) is 21.6. The van der Waals surface area contributed by atoms with Crippen LogP contribution in [0.5, 0.6) is 0 Å². The van der Waals surface area contributed by atoms with Gasteiger partial charge in [-0.15, -0.1) is 0 Å². The maximum Gasteiger partial charge on any atom is 0.434 e. The van der Waals surface area contributed by atoms with E-state index in [0.29, 0.717) is 29.5 Å². The summed E-state index contributed by atoms with van der Waals surface area (Å²) in [6, 6.07) is 6.60. The minimum Gasteiger partial charge on any atom is -0.333 e. The summed E-state index contributed by atoms with van der Waals surface area (Å²) in [5, 5.41) is 8.61. The van der Waals surface area contributed by atoms with Crippen LogP contribution in [0, 0.1) is 5.41 Å². The van der Waals surface area contributed by atoms with Crippen LogP contribution in [0.3, 0.4) is 0 Å². The van der Waals surface area contributed by atoms with Gasteiger partial charge >= 0.3 is 12.4 Å². The molecule has 1 saturated carbocycles. The molecule has 0 spiro atoms. The van der Waals surface area contributed by atoms with Crippen molar-refractivity contribution in [2.75, 3.05) is 0 Å². The molecule has 0 saturated heterocycles. The van der Waals surface area contributed by atoms with Gasteiger partial charge in [0.1, 0.15) is 17.7 Å². The Hall–Kier alpha value is -4.56. The van der Waals surface area contributed by atoms with Gasteiger partial charge in [0, 0.05) is 31.8 Å². The fourth-order valence-electron chi connectivity index (χ4n) is 4.78. The van der Waals surface area contributed by atoms with E-state index < -0.39 is 23.7 Å². The second kappa shape index (κ2) is 9.24. The van der Waals surface area contributed by atoms with Crippen LogP contribution in [0.1, 0.15) is 41.4 Å². The molecule has 0 amide bonds. The van der Waals surface area contributed by atoms with E-state index in [1.54, 1.807) is 31.3 Å². The van der Waals surface area contributed by atoms with Crippen molar-refractivity contribution in [3.8, 4) is 22.8 Å². The first kappa shape index (κ1) is 26.7. The lowest BCUT2D eigenvalue weighted by Gasteiger charge is -2.14. The van der Waals surface area contributed by atoms with E-state index in [0.717, 1.165) is 12.5 Å². The Morgan fingerprint density at radius 1 is 0.927 bits per heavy atom. The smallest absolute Gasteiger partial charge is 0.333 e. The quantitative estimate of drug-likeness (QED) is 0.296. The SMILES string of the molecule is Cn1cc(C(F)(F)F)nc1-c1ccc(Cn2c(=N)n(C)c3cnc(-c4c(C5CC5)ncnc4C(F)(F)F)nc32)cc1. The van der Waals surface area contributed by atoms with Gasteiger partial charge in [0.2, 0.25) is 5.62 Å². The fraction of sp³-hybridized carbons (Fsp3) is 0.308. The number of imidazole rings is 2. The fourth-order valence-corrected chi connectivity index (χ4v) is 4.78. The average Bonchev–Trinajstić information content (AvgIpc) is 3.65. The molecular weight excluding hydrogens is 552 g/mol. The van der Waals surface area contributed by atoms with Crippen LogP contribution < -0.4 is 5.62 Å². The first-order valence-corrected chi connectivity index (χ1v) is 12.4. The van der Waals surface area contributed by atoms with Gasteiger partial charge in [0.25, 0.3) is 0 Å². The number of halogens is 6. The van der Waals surface area contributed by atoms with Crippen LogP contribution in [0.25, 0.3) is 33.9 Å². The van der Waals surface area contributed by atoms with Crippen molar-refractivity contribution in [1.29, 1.82) is 5.41 Å². The monoisotopic (exact) mass is 573 g/mol. The summed E-state index contributed by atoms with van der Waals surface area (Å²) < 4.78 is 85.4. The number of nitrogens with one attached hydrogen (secondary N) is 1. The molecule has 212 valence electrons. The van der Waals surface area contributed by atoms with Gasteiger partial charge in [0.15, 0.2) is 22.9 Å². The highest BCUT2D eigenvalue weighted by Crippen LogP contribution is 2.46. The predicted octanol–water partition coefficient (Wildman–Crippen LogP) is 5.07. The molecule has 9 nitrogen and oxygen atoms in total. The van der Waals surface area contributed by atoms with Gasteiger partial charge in [0.05, 0.1) is 24.0 Å². The van der Waals surface area contributed by atoms with Gasteiger partial charge in [-0.1, -0.05) is 24.3 Å². The Bertz CT molecular complexity index is 1840. The number of fused-ring (bicyclic) bond motifs is 1. The van der Waals surface area contributed by atoms with Crippen LogP contribution in [-0.4, -0.2) is 38.6 Å². The normalized spacial score (nSPS) is 14.2. The molecule has 4 heterocycles. The van der Waals surface area contributed by atoms with E-state index in [9.17, 15) is 26.3 Å². The molecule has 1 fully saturated rings. The lowest BCUT2D eigenvalue weighted by molar-refractivity contribution is -0.141. The molecule has 41 heavy (non-hydrogen) atoms. The average molecular weight is 574 g/mol. The summed E-state index contributed by atoms with van der Waals surface area (Å²) in [5.41, 5.74) is -0.279. The standard InChI is InChI=1S/C26H21F6N9/c1-39-11-17(25(27,28)29)37-22(39)15-5-3-13(4-6-15)10-41-23-16(40(2)24(41)33)9-34-21(38-23)18-19(14-7-8-14)35-12-36-20(18)26(30,31)32/h3-6,9,11-12,14,33H,7-8,10H2,1-2H3. The molecule has 6 rings (SSSR count). The number of aryl methyl sites for hydroxylation is 2. The molecule has 0 bridgehead atoms. The number of aromatic nitrogens is 8. The lowest BCUT2D eigenvalue weighted by atomic mass is 10.1. The largest absolute Gasteiger partial charge is 0.434 e. The first-order chi connectivity index (χ1) is 19.3. The van der Waals surface area contributed by atoms with Crippen LogP contribution in [0.2, 0.25) is 0 Å². The third-order valence-electron chi connectivity index (χ3n) is 6.99. The van der Waals surface area contributed by atoms with Crippen LogP contribution in [0.4, 0.5) is 26.3 Å². The van der Waals surface area contributed by atoms with Crippen molar-refractivity contribution in [3.63, 3.8) is 0 Å². The summed E-state index contributed by atoms with van der Waals surface area (Å²) in [5.74, 6) is -0.179. The Kier molecular flexibility index (Phi) is 6.01. The van der Waals surface area contributed by atoms with E-state index in [2.05, 4.69) is 24.9 Å². The highest BCUT2D eigenvalue weighted by Gasteiger charge is 2.41. The molecule has 15 heteroatoms. The summed E-state index contributed by atoms with van der Waals surface area (Å²) in [6.45, 7) is 0.119. The molecule has 0 atom stereocenters. The molecule has 4 aromatic heterocycles. The molecular formula is C26H21F6N9. The van der Waals surface area contributed by atoms with Crippen molar-refractivity contribution in [2.45, 2.75) is 37.7 Å². The van der Waals surface area contributed by atoms with Gasteiger partial charge in [-0.05, 0) is 18.4 Å². The summed E-state index contributed by atoms with van der Waals surface area (Å²) in [7, 11) is 3.09. The minimum atomic E-state index is -4.75. The number of hydrogen-bond donors (Lipinski definition) is 1. The van der Waals surface area contributed by atoms with E-state index in [1.165, 1.54) is 26.9 Å². The number of hydrogen-bond acceptors (Lipinski definition) is 6. The molecule has 0 aliphatic heterocycles. The van der Waals surface area contributed by atoms with Crippen molar-refractivity contribution >= 4 is 11.2 Å². The van der Waals surface area contributed by atoms with Gasteiger partial charge in [-0.25, -0.2) is 24.9 Å². The van der Waals surface area contributed by atoms with Gasteiger partial charge < -0.3 is 9.13 Å². The second-order valence-corrected chi connectivity index (χ2v) is 9.88. The Morgan fingerprint density at radius 3 is 2.24 bits per heavy atom. The molecule has 5 aromatic rings. The van der Waals surface area contributed by atoms with Gasteiger partial charge in [-0.3, -0.25) is 9.98 Å². The molecule has 1 N–H and O–H groups in total. The minimum absolute atomic E-state index is 0.0252. The van der Waals surface area contributed by atoms with Gasteiger partial charge in [-0.2, -0.15) is 26.3 Å². The van der Waals surface area contributed by atoms with Crippen LogP contribution >= 0.6 is 0 Å². The maximum absolute atomic E-state index is 13.9. The molecule has 0 unspecified atom stereocenters. The summed E-state index contributed by atoms with van der Waals surface area (Å²) >= 11 is 0. The first-order valence-electron chi connectivity index (χ1n) is 12.4. The second-order valence-electron chi connectivity index (χ2n) is 9.88. The highest BCUT2D eigenvalue weighted by atomic mass is 19.4. The molecule has 1 aliphatic rings. The number of benzene rings is 1. The van der Waals surface area contributed by atoms with Crippen LogP contribution in [-0.2, 0) is 33.0 Å². The Labute approximate surface area is 227 Å². The molecule has 1 aliphatic carbocycles.